The molecule has 1 saturated heterocycles. The number of amides is 3. The number of pyridine rings is 1. The molecule has 4 rings (SSSR count). The van der Waals surface area contributed by atoms with Gasteiger partial charge in [-0.25, -0.2) is 4.98 Å². The Kier molecular flexibility index (Phi) is 5.06. The van der Waals surface area contributed by atoms with Crippen molar-refractivity contribution in [1.82, 2.24) is 14.9 Å². The maximum Gasteiger partial charge on any atom is 0.249 e. The number of nitrogens with zero attached hydrogens (tertiary/aromatic N) is 4. The van der Waals surface area contributed by atoms with Crippen molar-refractivity contribution in [2.24, 2.45) is 0 Å². The summed E-state index contributed by atoms with van der Waals surface area (Å²) >= 11 is 7.54. The number of imide groups is 1. The number of carbonyl (C=O) groups is 3. The lowest BCUT2D eigenvalue weighted by Crippen LogP contribution is -2.42. The Hall–Kier alpha value is -2.84. The first kappa shape index (κ1) is 18.5. The Morgan fingerprint density at radius 3 is 2.61 bits per heavy atom. The highest BCUT2D eigenvalue weighted by atomic mass is 35.5. The van der Waals surface area contributed by atoms with Gasteiger partial charge in [-0.15, -0.1) is 0 Å². The van der Waals surface area contributed by atoms with Gasteiger partial charge in [0.15, 0.2) is 5.13 Å². The molecule has 0 atom stereocenters. The molecule has 3 heterocycles. The average Bonchev–Trinajstić information content (AvgIpc) is 3.26. The van der Waals surface area contributed by atoms with Crippen LogP contribution in [0, 0.1) is 0 Å². The van der Waals surface area contributed by atoms with Crippen molar-refractivity contribution in [1.29, 1.82) is 0 Å². The molecule has 0 unspecified atom stereocenters. The molecule has 0 aliphatic carbocycles. The van der Waals surface area contributed by atoms with Gasteiger partial charge in [0.2, 0.25) is 17.7 Å². The molecule has 3 amide bonds. The minimum absolute atomic E-state index is 0.142. The first-order valence-corrected chi connectivity index (χ1v) is 9.81. The number of fused-ring (bicyclic) bond motifs is 1. The summed E-state index contributed by atoms with van der Waals surface area (Å²) in [4.78, 5) is 48.1. The molecular formula is C19H15ClN4O3S. The molecule has 2 aromatic heterocycles. The molecule has 1 aliphatic heterocycles. The van der Waals surface area contributed by atoms with E-state index in [0.29, 0.717) is 21.4 Å². The predicted octanol–water partition coefficient (Wildman–Crippen LogP) is 3.03. The fourth-order valence-corrected chi connectivity index (χ4v) is 4.24. The van der Waals surface area contributed by atoms with Crippen molar-refractivity contribution in [3.63, 3.8) is 0 Å². The Balaban J connectivity index is 1.68. The Labute approximate surface area is 169 Å². The average molecular weight is 415 g/mol. The molecular weight excluding hydrogens is 400 g/mol. The van der Waals surface area contributed by atoms with Crippen molar-refractivity contribution in [2.45, 2.75) is 19.4 Å². The standard InChI is InChI=1S/C19H15ClN4O3S/c20-13-5-3-6-14-18(13)22-19(28-14)24(10-12-4-1-2-9-21-12)17(27)11-23-15(25)7-8-16(23)26/h1-6,9H,7-8,10-11H2. The van der Waals surface area contributed by atoms with Crippen molar-refractivity contribution in [3.05, 3.63) is 53.3 Å². The molecule has 0 radical (unpaired) electrons. The summed E-state index contributed by atoms with van der Waals surface area (Å²) < 4.78 is 0.842. The summed E-state index contributed by atoms with van der Waals surface area (Å²) in [6, 6.07) is 10.8. The van der Waals surface area contributed by atoms with Gasteiger partial charge in [-0.3, -0.25) is 29.2 Å². The number of likely N-dealkylation sites (tertiary alicyclic amines) is 1. The van der Waals surface area contributed by atoms with Crippen LogP contribution in [-0.4, -0.2) is 39.1 Å². The van der Waals surface area contributed by atoms with E-state index in [2.05, 4.69) is 9.97 Å². The van der Waals surface area contributed by atoms with Gasteiger partial charge in [-0.05, 0) is 24.3 Å². The summed E-state index contributed by atoms with van der Waals surface area (Å²) in [5, 5.41) is 0.938. The molecule has 142 valence electrons. The summed E-state index contributed by atoms with van der Waals surface area (Å²) in [6.07, 6.45) is 1.92. The van der Waals surface area contributed by atoms with E-state index >= 15 is 0 Å². The molecule has 3 aromatic rings. The van der Waals surface area contributed by atoms with Gasteiger partial charge in [0.05, 0.1) is 22.0 Å². The maximum atomic E-state index is 13.0. The van der Waals surface area contributed by atoms with Gasteiger partial charge in [-0.1, -0.05) is 35.1 Å². The van der Waals surface area contributed by atoms with Crippen LogP contribution in [0.1, 0.15) is 18.5 Å². The minimum atomic E-state index is -0.399. The predicted molar refractivity (Wildman–Crippen MR) is 106 cm³/mol. The van der Waals surface area contributed by atoms with E-state index in [9.17, 15) is 14.4 Å². The lowest BCUT2D eigenvalue weighted by atomic mass is 10.3. The highest BCUT2D eigenvalue weighted by Crippen LogP contribution is 2.33. The second-order valence-electron chi connectivity index (χ2n) is 6.26. The van der Waals surface area contributed by atoms with Crippen LogP contribution in [0.2, 0.25) is 5.02 Å². The number of aromatic nitrogens is 2. The van der Waals surface area contributed by atoms with Crippen molar-refractivity contribution in [3.8, 4) is 0 Å². The molecule has 9 heteroatoms. The zero-order valence-electron chi connectivity index (χ0n) is 14.7. The lowest BCUT2D eigenvalue weighted by Gasteiger charge is -2.22. The third-order valence-electron chi connectivity index (χ3n) is 4.38. The van der Waals surface area contributed by atoms with E-state index in [1.54, 1.807) is 24.4 Å². The molecule has 28 heavy (non-hydrogen) atoms. The second-order valence-corrected chi connectivity index (χ2v) is 7.67. The molecule has 0 saturated carbocycles. The minimum Gasteiger partial charge on any atom is -0.280 e. The van der Waals surface area contributed by atoms with Gasteiger partial charge < -0.3 is 0 Å². The zero-order chi connectivity index (χ0) is 19.7. The van der Waals surface area contributed by atoms with Crippen LogP contribution in [0.3, 0.4) is 0 Å². The number of rotatable bonds is 5. The van der Waals surface area contributed by atoms with Gasteiger partial charge >= 0.3 is 0 Å². The molecule has 1 fully saturated rings. The topological polar surface area (TPSA) is 83.5 Å². The summed E-state index contributed by atoms with van der Waals surface area (Å²) in [5.74, 6) is -1.06. The normalized spacial score (nSPS) is 14.1. The van der Waals surface area contributed by atoms with Crippen molar-refractivity contribution in [2.75, 3.05) is 11.4 Å². The zero-order valence-corrected chi connectivity index (χ0v) is 16.2. The number of benzene rings is 1. The van der Waals surface area contributed by atoms with Crippen LogP contribution < -0.4 is 4.90 Å². The number of carbonyl (C=O) groups excluding carboxylic acids is 3. The van der Waals surface area contributed by atoms with Gasteiger partial charge in [0, 0.05) is 19.0 Å². The first-order valence-electron chi connectivity index (χ1n) is 8.61. The molecule has 1 aliphatic rings. The highest BCUT2D eigenvalue weighted by Gasteiger charge is 2.33. The van der Waals surface area contributed by atoms with E-state index in [1.165, 1.54) is 16.2 Å². The fourth-order valence-electron chi connectivity index (χ4n) is 2.95. The van der Waals surface area contributed by atoms with Gasteiger partial charge in [-0.2, -0.15) is 0 Å². The van der Waals surface area contributed by atoms with Crippen molar-refractivity contribution < 1.29 is 14.4 Å². The van der Waals surface area contributed by atoms with E-state index in [0.717, 1.165) is 9.60 Å². The highest BCUT2D eigenvalue weighted by molar-refractivity contribution is 7.22. The van der Waals surface area contributed by atoms with E-state index in [1.807, 2.05) is 18.2 Å². The summed E-state index contributed by atoms with van der Waals surface area (Å²) in [5.41, 5.74) is 1.27. The number of para-hydroxylation sites is 1. The quantitative estimate of drug-likeness (QED) is 0.599. The lowest BCUT2D eigenvalue weighted by molar-refractivity contribution is -0.141. The Bertz CT molecular complexity index is 1050. The smallest absolute Gasteiger partial charge is 0.249 e. The molecule has 0 bridgehead atoms. The third-order valence-corrected chi connectivity index (χ3v) is 5.73. The largest absolute Gasteiger partial charge is 0.280 e. The number of hydrogen-bond donors (Lipinski definition) is 0. The summed E-state index contributed by atoms with van der Waals surface area (Å²) in [7, 11) is 0. The van der Waals surface area contributed by atoms with Crippen molar-refractivity contribution >= 4 is 56.0 Å². The molecule has 0 spiro atoms. The van der Waals surface area contributed by atoms with E-state index in [4.69, 9.17) is 11.6 Å². The molecule has 1 aromatic carbocycles. The van der Waals surface area contributed by atoms with Crippen LogP contribution in [0.5, 0.6) is 0 Å². The summed E-state index contributed by atoms with van der Waals surface area (Å²) in [6.45, 7) is -0.137. The fraction of sp³-hybridized carbons (Fsp3) is 0.211. The number of halogens is 1. The van der Waals surface area contributed by atoms with E-state index in [-0.39, 0.29) is 37.7 Å². The Morgan fingerprint density at radius 1 is 1.14 bits per heavy atom. The number of hydrogen-bond acceptors (Lipinski definition) is 6. The SMILES string of the molecule is O=C1CCC(=O)N1CC(=O)N(Cc1ccccn1)c1nc2c(Cl)cccc2s1. The van der Waals surface area contributed by atoms with Crippen LogP contribution in [0.15, 0.2) is 42.6 Å². The number of anilines is 1. The maximum absolute atomic E-state index is 13.0. The van der Waals surface area contributed by atoms with Gasteiger partial charge in [0.25, 0.3) is 0 Å². The second kappa shape index (κ2) is 7.65. The van der Waals surface area contributed by atoms with Crippen LogP contribution in [0.4, 0.5) is 5.13 Å². The Morgan fingerprint density at radius 2 is 1.93 bits per heavy atom. The van der Waals surface area contributed by atoms with Gasteiger partial charge in [0.1, 0.15) is 12.1 Å². The van der Waals surface area contributed by atoms with Crippen LogP contribution >= 0.6 is 22.9 Å². The van der Waals surface area contributed by atoms with E-state index < -0.39 is 5.91 Å². The van der Waals surface area contributed by atoms with Crippen LogP contribution in [0.25, 0.3) is 10.2 Å². The molecule has 0 N–H and O–H groups in total. The first-order chi connectivity index (χ1) is 13.5. The number of thiazole rings is 1. The monoisotopic (exact) mass is 414 g/mol. The van der Waals surface area contributed by atoms with Crippen LogP contribution in [-0.2, 0) is 20.9 Å². The molecule has 7 nitrogen and oxygen atoms in total. The third kappa shape index (κ3) is 3.61.